The van der Waals surface area contributed by atoms with Crippen LogP contribution in [0.2, 0.25) is 0 Å². The molecule has 2 N–H and O–H groups in total. The summed E-state index contributed by atoms with van der Waals surface area (Å²) in [6, 6.07) is 7.14. The molecule has 5 heteroatoms. The molecular formula is C15H20N2O3. The molecule has 1 atom stereocenters. The van der Waals surface area contributed by atoms with Gasteiger partial charge in [0.25, 0.3) is 0 Å². The molecule has 1 aliphatic rings. The maximum atomic E-state index is 12.0. The topological polar surface area (TPSA) is 67.4 Å². The Morgan fingerprint density at radius 2 is 2.20 bits per heavy atom. The summed E-state index contributed by atoms with van der Waals surface area (Å²) in [6.45, 7) is 3.04. The fourth-order valence-electron chi connectivity index (χ4n) is 2.33. The predicted octanol–water partition coefficient (Wildman–Crippen LogP) is 1.94. The summed E-state index contributed by atoms with van der Waals surface area (Å²) in [4.78, 5) is 23.8. The van der Waals surface area contributed by atoms with Crippen LogP contribution >= 0.6 is 0 Å². The molecule has 0 bridgehead atoms. The van der Waals surface area contributed by atoms with Crippen molar-refractivity contribution in [3.05, 3.63) is 29.8 Å². The van der Waals surface area contributed by atoms with E-state index >= 15 is 0 Å². The highest BCUT2D eigenvalue weighted by atomic mass is 16.5. The third kappa shape index (κ3) is 3.81. The van der Waals surface area contributed by atoms with Gasteiger partial charge in [-0.25, -0.2) is 4.79 Å². The maximum absolute atomic E-state index is 12.0. The molecule has 0 radical (unpaired) electrons. The Morgan fingerprint density at radius 3 is 2.90 bits per heavy atom. The number of carbonyl (C=O) groups is 2. The van der Waals surface area contributed by atoms with Crippen LogP contribution in [-0.4, -0.2) is 31.1 Å². The highest BCUT2D eigenvalue weighted by molar-refractivity contribution is 6.01. The lowest BCUT2D eigenvalue weighted by Crippen LogP contribution is -2.28. The summed E-state index contributed by atoms with van der Waals surface area (Å²) in [6.07, 6.45) is 2.56. The van der Waals surface area contributed by atoms with Gasteiger partial charge < -0.3 is 15.4 Å². The largest absolute Gasteiger partial charge is 0.462 e. The lowest BCUT2D eigenvalue weighted by molar-refractivity contribution is -0.116. The highest BCUT2D eigenvalue weighted by Gasteiger charge is 2.19. The van der Waals surface area contributed by atoms with E-state index in [4.69, 9.17) is 4.74 Å². The minimum atomic E-state index is -0.414. The fraction of sp³-hybridized carbons (Fsp3) is 0.467. The van der Waals surface area contributed by atoms with E-state index in [-0.39, 0.29) is 11.9 Å². The number of nitrogens with one attached hydrogen (secondary N) is 2. The van der Waals surface area contributed by atoms with Gasteiger partial charge in [-0.2, -0.15) is 0 Å². The normalized spacial score (nSPS) is 17.8. The summed E-state index contributed by atoms with van der Waals surface area (Å²) in [5.74, 6) is -0.497. The summed E-state index contributed by atoms with van der Waals surface area (Å²) >= 11 is 0. The molecule has 2 rings (SSSR count). The Bertz CT molecular complexity index is 482. The summed E-state index contributed by atoms with van der Waals surface area (Å²) in [5, 5.41) is 6.08. The zero-order valence-electron chi connectivity index (χ0n) is 11.6. The van der Waals surface area contributed by atoms with Crippen LogP contribution in [0.15, 0.2) is 24.3 Å². The van der Waals surface area contributed by atoms with Gasteiger partial charge in [0.15, 0.2) is 0 Å². The van der Waals surface area contributed by atoms with Crippen LogP contribution in [0.25, 0.3) is 0 Å². The number of hydrogen-bond acceptors (Lipinski definition) is 4. The SMILES string of the molecule is CCOC(=O)c1ccccc1NC(=O)CC1CCCN1. The van der Waals surface area contributed by atoms with E-state index in [1.54, 1.807) is 31.2 Å². The fourth-order valence-corrected chi connectivity index (χ4v) is 2.33. The molecule has 1 aliphatic heterocycles. The number of esters is 1. The zero-order chi connectivity index (χ0) is 14.4. The molecule has 1 amide bonds. The smallest absolute Gasteiger partial charge is 0.340 e. The van der Waals surface area contributed by atoms with Crippen molar-refractivity contribution in [2.45, 2.75) is 32.2 Å². The number of carbonyl (C=O) groups excluding carboxylic acids is 2. The number of ether oxygens (including phenoxy) is 1. The first-order valence-electron chi connectivity index (χ1n) is 7.00. The van der Waals surface area contributed by atoms with Gasteiger partial charge in [-0.1, -0.05) is 12.1 Å². The average molecular weight is 276 g/mol. The van der Waals surface area contributed by atoms with Gasteiger partial charge in [0.05, 0.1) is 17.9 Å². The third-order valence-electron chi connectivity index (χ3n) is 3.29. The highest BCUT2D eigenvalue weighted by Crippen LogP contribution is 2.17. The van der Waals surface area contributed by atoms with Crippen LogP contribution in [0.3, 0.4) is 0 Å². The lowest BCUT2D eigenvalue weighted by Gasteiger charge is -2.12. The molecule has 1 unspecified atom stereocenters. The summed E-state index contributed by atoms with van der Waals surface area (Å²) in [5.41, 5.74) is 0.899. The van der Waals surface area contributed by atoms with Gasteiger partial charge in [0.1, 0.15) is 0 Å². The molecule has 5 nitrogen and oxygen atoms in total. The molecule has 0 spiro atoms. The van der Waals surface area contributed by atoms with E-state index in [2.05, 4.69) is 10.6 Å². The van der Waals surface area contributed by atoms with Crippen LogP contribution in [0.1, 0.15) is 36.5 Å². The van der Waals surface area contributed by atoms with Gasteiger partial charge in [-0.3, -0.25) is 4.79 Å². The molecule has 1 aromatic rings. The standard InChI is InChI=1S/C15H20N2O3/c1-2-20-15(19)12-7-3-4-8-13(12)17-14(18)10-11-6-5-9-16-11/h3-4,7-8,11,16H,2,5-6,9-10H2,1H3,(H,17,18). The quantitative estimate of drug-likeness (QED) is 0.807. The van der Waals surface area contributed by atoms with Gasteiger partial charge in [0.2, 0.25) is 5.91 Å². The van der Waals surface area contributed by atoms with Crippen molar-refractivity contribution in [1.82, 2.24) is 5.32 Å². The van der Waals surface area contributed by atoms with Gasteiger partial charge >= 0.3 is 5.97 Å². The Hall–Kier alpha value is -1.88. The van der Waals surface area contributed by atoms with Crippen LogP contribution < -0.4 is 10.6 Å². The monoisotopic (exact) mass is 276 g/mol. The summed E-state index contributed by atoms with van der Waals surface area (Å²) in [7, 11) is 0. The second-order valence-corrected chi connectivity index (χ2v) is 4.81. The van der Waals surface area contributed by atoms with Crippen LogP contribution in [0.5, 0.6) is 0 Å². The van der Waals surface area contributed by atoms with Crippen molar-refractivity contribution in [3.8, 4) is 0 Å². The second-order valence-electron chi connectivity index (χ2n) is 4.81. The predicted molar refractivity (Wildman–Crippen MR) is 76.7 cm³/mol. The maximum Gasteiger partial charge on any atom is 0.340 e. The molecule has 0 saturated carbocycles. The van der Waals surface area contributed by atoms with Gasteiger partial charge in [-0.05, 0) is 38.4 Å². The summed E-state index contributed by atoms with van der Waals surface area (Å²) < 4.78 is 4.98. The zero-order valence-corrected chi connectivity index (χ0v) is 11.6. The molecule has 1 heterocycles. The number of benzene rings is 1. The van der Waals surface area contributed by atoms with E-state index < -0.39 is 5.97 Å². The Balaban J connectivity index is 2.00. The van der Waals surface area contributed by atoms with E-state index in [9.17, 15) is 9.59 Å². The van der Waals surface area contributed by atoms with E-state index in [0.717, 1.165) is 19.4 Å². The Labute approximate surface area is 118 Å². The second kappa shape index (κ2) is 7.05. The molecule has 1 fully saturated rings. The first-order valence-corrected chi connectivity index (χ1v) is 7.00. The molecule has 20 heavy (non-hydrogen) atoms. The Morgan fingerprint density at radius 1 is 1.40 bits per heavy atom. The first kappa shape index (κ1) is 14.5. The van der Waals surface area contributed by atoms with Crippen LogP contribution in [0.4, 0.5) is 5.69 Å². The first-order chi connectivity index (χ1) is 9.70. The van der Waals surface area contributed by atoms with Crippen molar-refractivity contribution in [2.75, 3.05) is 18.5 Å². The van der Waals surface area contributed by atoms with Gasteiger partial charge in [0, 0.05) is 12.5 Å². The molecule has 108 valence electrons. The minimum Gasteiger partial charge on any atom is -0.462 e. The lowest BCUT2D eigenvalue weighted by atomic mass is 10.1. The van der Waals surface area contributed by atoms with Gasteiger partial charge in [-0.15, -0.1) is 0 Å². The number of rotatable bonds is 5. The van der Waals surface area contributed by atoms with Crippen molar-refractivity contribution in [1.29, 1.82) is 0 Å². The van der Waals surface area contributed by atoms with Crippen LogP contribution in [0, 0.1) is 0 Å². The van der Waals surface area contributed by atoms with E-state index in [1.165, 1.54) is 0 Å². The van der Waals surface area contributed by atoms with E-state index in [0.29, 0.717) is 24.3 Å². The van der Waals surface area contributed by atoms with Crippen molar-refractivity contribution < 1.29 is 14.3 Å². The van der Waals surface area contributed by atoms with Crippen molar-refractivity contribution >= 4 is 17.6 Å². The van der Waals surface area contributed by atoms with Crippen molar-refractivity contribution in [3.63, 3.8) is 0 Å². The molecule has 1 saturated heterocycles. The van der Waals surface area contributed by atoms with Crippen LogP contribution in [-0.2, 0) is 9.53 Å². The van der Waals surface area contributed by atoms with Crippen molar-refractivity contribution in [2.24, 2.45) is 0 Å². The number of hydrogen-bond donors (Lipinski definition) is 2. The molecule has 1 aromatic carbocycles. The average Bonchev–Trinajstić information content (AvgIpc) is 2.92. The number of para-hydroxylation sites is 1. The van der Waals surface area contributed by atoms with E-state index in [1.807, 2.05) is 0 Å². The number of anilines is 1. The minimum absolute atomic E-state index is 0.0823. The molecule has 0 aromatic heterocycles. The Kier molecular flexibility index (Phi) is 5.12. The third-order valence-corrected chi connectivity index (χ3v) is 3.29. The molecular weight excluding hydrogens is 256 g/mol. The number of amides is 1. The molecule has 0 aliphatic carbocycles.